The number of carbonyl (C=O) groups excluding carboxylic acids is 1. The molecule has 1 atom stereocenters. The van der Waals surface area contributed by atoms with E-state index < -0.39 is 22.9 Å². The maximum Gasteiger partial charge on any atom is 0.416 e. The Labute approximate surface area is 186 Å². The first kappa shape index (κ1) is 23.8. The standard InChI is InChI=1S/C22H22F3N3O3S/c1-14(19(29)26-16-10-8-15(9-11-16)22(23,24)25)32-21-27-18-7-4-3-6-17(18)20(30)28(21)12-5-13-31-2/h3-4,6-11,14H,5,12-13H2,1-2H3,(H,26,29). The van der Waals surface area contributed by atoms with Crippen LogP contribution in [-0.4, -0.2) is 34.4 Å². The molecule has 0 aliphatic carbocycles. The molecular weight excluding hydrogens is 443 g/mol. The molecule has 1 amide bonds. The van der Waals surface area contributed by atoms with Crippen LogP contribution in [0, 0.1) is 0 Å². The van der Waals surface area contributed by atoms with Gasteiger partial charge in [0.25, 0.3) is 5.56 Å². The van der Waals surface area contributed by atoms with Crippen molar-refractivity contribution >= 4 is 34.3 Å². The first-order valence-corrected chi connectivity index (χ1v) is 10.7. The summed E-state index contributed by atoms with van der Waals surface area (Å²) in [6.07, 6.45) is -3.85. The van der Waals surface area contributed by atoms with Gasteiger partial charge in [-0.2, -0.15) is 13.2 Å². The summed E-state index contributed by atoms with van der Waals surface area (Å²) >= 11 is 1.11. The zero-order valence-corrected chi connectivity index (χ0v) is 18.3. The average Bonchev–Trinajstić information content (AvgIpc) is 2.75. The molecule has 6 nitrogen and oxygen atoms in total. The minimum atomic E-state index is -4.44. The molecule has 0 fully saturated rings. The molecule has 3 aromatic rings. The van der Waals surface area contributed by atoms with Crippen LogP contribution in [0.3, 0.4) is 0 Å². The van der Waals surface area contributed by atoms with Gasteiger partial charge in [0.15, 0.2) is 5.16 Å². The minimum Gasteiger partial charge on any atom is -0.385 e. The van der Waals surface area contributed by atoms with Gasteiger partial charge in [0, 0.05) is 25.9 Å². The van der Waals surface area contributed by atoms with Crippen LogP contribution in [-0.2, 0) is 22.3 Å². The lowest BCUT2D eigenvalue weighted by atomic mass is 10.2. The van der Waals surface area contributed by atoms with Gasteiger partial charge in [0.2, 0.25) is 5.91 Å². The summed E-state index contributed by atoms with van der Waals surface area (Å²) in [4.78, 5) is 30.2. The fourth-order valence-corrected chi connectivity index (χ4v) is 3.93. The zero-order valence-electron chi connectivity index (χ0n) is 17.5. The van der Waals surface area contributed by atoms with E-state index in [9.17, 15) is 22.8 Å². The van der Waals surface area contributed by atoms with E-state index in [1.807, 2.05) is 0 Å². The van der Waals surface area contributed by atoms with Crippen LogP contribution in [0.2, 0.25) is 0 Å². The second-order valence-corrected chi connectivity index (χ2v) is 8.35. The van der Waals surface area contributed by atoms with E-state index in [2.05, 4.69) is 10.3 Å². The largest absolute Gasteiger partial charge is 0.416 e. The molecule has 10 heteroatoms. The second kappa shape index (κ2) is 10.2. The smallest absolute Gasteiger partial charge is 0.385 e. The summed E-state index contributed by atoms with van der Waals surface area (Å²) in [5.41, 5.74) is -0.222. The number of halogens is 3. The monoisotopic (exact) mass is 465 g/mol. The third kappa shape index (κ3) is 5.68. The van der Waals surface area contributed by atoms with Crippen molar-refractivity contribution in [3.63, 3.8) is 0 Å². The van der Waals surface area contributed by atoms with Gasteiger partial charge in [-0.15, -0.1) is 0 Å². The maximum atomic E-state index is 13.0. The van der Waals surface area contributed by atoms with Crippen LogP contribution in [0.5, 0.6) is 0 Å². The third-order valence-corrected chi connectivity index (χ3v) is 5.78. The van der Waals surface area contributed by atoms with E-state index in [-0.39, 0.29) is 11.2 Å². The van der Waals surface area contributed by atoms with Crippen molar-refractivity contribution in [2.24, 2.45) is 0 Å². The van der Waals surface area contributed by atoms with Crippen LogP contribution >= 0.6 is 11.8 Å². The number of methoxy groups -OCH3 is 1. The molecule has 0 aliphatic heterocycles. The van der Waals surface area contributed by atoms with Crippen LogP contribution in [0.15, 0.2) is 58.5 Å². The Morgan fingerprint density at radius 1 is 1.19 bits per heavy atom. The average molecular weight is 465 g/mol. The summed E-state index contributed by atoms with van der Waals surface area (Å²) in [6, 6.07) is 11.2. The lowest BCUT2D eigenvalue weighted by Gasteiger charge is -2.16. The van der Waals surface area contributed by atoms with Crippen molar-refractivity contribution < 1.29 is 22.7 Å². The number of nitrogens with zero attached hydrogens (tertiary/aromatic N) is 2. The van der Waals surface area contributed by atoms with E-state index in [1.165, 1.54) is 16.7 Å². The van der Waals surface area contributed by atoms with E-state index >= 15 is 0 Å². The number of fused-ring (bicyclic) bond motifs is 1. The normalized spacial score (nSPS) is 12.7. The number of para-hydroxylation sites is 1. The molecule has 1 unspecified atom stereocenters. The highest BCUT2D eigenvalue weighted by Crippen LogP contribution is 2.30. The van der Waals surface area contributed by atoms with Crippen LogP contribution in [0.25, 0.3) is 10.9 Å². The number of hydrogen-bond donors (Lipinski definition) is 1. The molecule has 170 valence electrons. The second-order valence-electron chi connectivity index (χ2n) is 7.04. The Morgan fingerprint density at radius 2 is 1.88 bits per heavy atom. The Kier molecular flexibility index (Phi) is 7.57. The van der Waals surface area contributed by atoms with Crippen molar-refractivity contribution in [3.8, 4) is 0 Å². The summed E-state index contributed by atoms with van der Waals surface area (Å²) in [7, 11) is 1.57. The Hall–Kier alpha value is -2.85. The molecule has 1 heterocycles. The number of hydrogen-bond acceptors (Lipinski definition) is 5. The quantitative estimate of drug-likeness (QED) is 0.300. The summed E-state index contributed by atoms with van der Waals surface area (Å²) < 4.78 is 44.7. The van der Waals surface area contributed by atoms with Gasteiger partial charge in [0.1, 0.15) is 0 Å². The predicted octanol–water partition coefficient (Wildman–Crippen LogP) is 4.57. The number of nitrogens with one attached hydrogen (secondary N) is 1. The molecule has 1 aromatic heterocycles. The molecule has 0 saturated heterocycles. The number of carbonyl (C=O) groups is 1. The van der Waals surface area contributed by atoms with Gasteiger partial charge in [-0.1, -0.05) is 23.9 Å². The topological polar surface area (TPSA) is 73.2 Å². The fourth-order valence-electron chi connectivity index (χ4n) is 3.00. The van der Waals surface area contributed by atoms with Crippen molar-refractivity contribution in [1.82, 2.24) is 9.55 Å². The lowest BCUT2D eigenvalue weighted by Crippen LogP contribution is -2.27. The number of aromatic nitrogens is 2. The predicted molar refractivity (Wildman–Crippen MR) is 118 cm³/mol. The lowest BCUT2D eigenvalue weighted by molar-refractivity contribution is -0.137. The van der Waals surface area contributed by atoms with Crippen molar-refractivity contribution in [2.75, 3.05) is 19.0 Å². The SMILES string of the molecule is COCCCn1c(SC(C)C(=O)Nc2ccc(C(F)(F)F)cc2)nc2ccccc2c1=O. The van der Waals surface area contributed by atoms with Gasteiger partial charge in [-0.05, 0) is 49.7 Å². The number of thioether (sulfide) groups is 1. The molecule has 2 aromatic carbocycles. The molecule has 0 spiro atoms. The van der Waals surface area contributed by atoms with Gasteiger partial charge < -0.3 is 10.1 Å². The molecule has 0 radical (unpaired) electrons. The van der Waals surface area contributed by atoms with E-state index in [0.29, 0.717) is 35.6 Å². The van der Waals surface area contributed by atoms with Crippen LogP contribution < -0.4 is 10.9 Å². The Balaban J connectivity index is 1.80. The minimum absolute atomic E-state index is 0.204. The van der Waals surface area contributed by atoms with Crippen LogP contribution in [0.4, 0.5) is 18.9 Å². The first-order valence-electron chi connectivity index (χ1n) is 9.84. The molecule has 3 rings (SSSR count). The van der Waals surface area contributed by atoms with Crippen molar-refractivity contribution in [2.45, 2.75) is 36.5 Å². The number of alkyl halides is 3. The summed E-state index contributed by atoms with van der Waals surface area (Å²) in [6.45, 7) is 2.48. The molecule has 1 N–H and O–H groups in total. The number of amides is 1. The third-order valence-electron chi connectivity index (χ3n) is 4.69. The number of ether oxygens (including phenoxy) is 1. The molecule has 32 heavy (non-hydrogen) atoms. The number of rotatable bonds is 8. The number of anilines is 1. The molecular formula is C22H22F3N3O3S. The van der Waals surface area contributed by atoms with Gasteiger partial charge in [-0.3, -0.25) is 14.2 Å². The van der Waals surface area contributed by atoms with Crippen molar-refractivity contribution in [1.29, 1.82) is 0 Å². The van der Waals surface area contributed by atoms with Crippen LogP contribution in [0.1, 0.15) is 18.9 Å². The van der Waals surface area contributed by atoms with Gasteiger partial charge >= 0.3 is 6.18 Å². The van der Waals surface area contributed by atoms with E-state index in [4.69, 9.17) is 4.74 Å². The first-order chi connectivity index (χ1) is 15.2. The van der Waals surface area contributed by atoms with E-state index in [0.717, 1.165) is 23.9 Å². The molecule has 0 saturated carbocycles. The summed E-state index contributed by atoms with van der Waals surface area (Å²) in [5.74, 6) is -0.416. The highest BCUT2D eigenvalue weighted by molar-refractivity contribution is 8.00. The molecule has 0 bridgehead atoms. The zero-order chi connectivity index (χ0) is 23.3. The maximum absolute atomic E-state index is 13.0. The van der Waals surface area contributed by atoms with Gasteiger partial charge in [0.05, 0.1) is 21.7 Å². The molecule has 0 aliphatic rings. The number of benzene rings is 2. The highest BCUT2D eigenvalue weighted by atomic mass is 32.2. The highest BCUT2D eigenvalue weighted by Gasteiger charge is 2.30. The van der Waals surface area contributed by atoms with E-state index in [1.54, 1.807) is 38.3 Å². The Morgan fingerprint density at radius 3 is 2.53 bits per heavy atom. The fraction of sp³-hybridized carbons (Fsp3) is 0.318. The summed E-state index contributed by atoms with van der Waals surface area (Å²) in [5, 5.41) is 2.82. The van der Waals surface area contributed by atoms with Crippen molar-refractivity contribution in [3.05, 3.63) is 64.4 Å². The van der Waals surface area contributed by atoms with Gasteiger partial charge in [-0.25, -0.2) is 4.98 Å². The Bertz CT molecular complexity index is 1150.